The van der Waals surface area contributed by atoms with Crippen LogP contribution in [0.4, 0.5) is 0 Å². The number of piperidine rings is 1. The Morgan fingerprint density at radius 1 is 1.00 bits per heavy atom. The highest BCUT2D eigenvalue weighted by Crippen LogP contribution is 2.62. The molecule has 1 aliphatic heterocycles. The number of likely N-dealkylation sites (tertiary alicyclic amines) is 1. The number of carbonyl (C=O) groups excluding carboxylic acids is 1. The number of amides is 1. The Bertz CT molecular complexity index is 386. The number of hydrogen-bond acceptors (Lipinski definition) is 2. The van der Waals surface area contributed by atoms with E-state index in [0.29, 0.717) is 17.7 Å². The Morgan fingerprint density at radius 3 is 2.21 bits per heavy atom. The maximum Gasteiger partial charge on any atom is 0.228 e. The Labute approximate surface area is 115 Å². The first-order valence-electron chi connectivity index (χ1n) is 8.10. The number of carbonyl (C=O) groups is 1. The molecular formula is C16H25NO2. The first kappa shape index (κ1) is 12.2. The molecule has 1 heterocycles. The van der Waals surface area contributed by atoms with E-state index in [1.807, 2.05) is 0 Å². The van der Waals surface area contributed by atoms with Gasteiger partial charge in [0.25, 0.3) is 0 Å². The first-order valence-corrected chi connectivity index (χ1v) is 8.10. The Balaban J connectivity index is 1.60. The fourth-order valence-corrected chi connectivity index (χ4v) is 5.90. The van der Waals surface area contributed by atoms with Crippen LogP contribution < -0.4 is 0 Å². The van der Waals surface area contributed by atoms with Gasteiger partial charge < -0.3 is 10.0 Å². The van der Waals surface area contributed by atoms with E-state index in [1.165, 1.54) is 25.7 Å². The first-order chi connectivity index (χ1) is 9.09. The number of aliphatic hydroxyl groups is 1. The van der Waals surface area contributed by atoms with Gasteiger partial charge in [0, 0.05) is 13.1 Å². The largest absolute Gasteiger partial charge is 0.390 e. The molecule has 5 fully saturated rings. The van der Waals surface area contributed by atoms with E-state index in [9.17, 15) is 9.90 Å². The van der Waals surface area contributed by atoms with Gasteiger partial charge in [-0.3, -0.25) is 4.79 Å². The van der Waals surface area contributed by atoms with E-state index in [-0.39, 0.29) is 5.41 Å². The van der Waals surface area contributed by atoms with Crippen molar-refractivity contribution >= 4 is 5.91 Å². The van der Waals surface area contributed by atoms with Gasteiger partial charge in [-0.15, -0.1) is 0 Å². The third-order valence-electron chi connectivity index (χ3n) is 6.13. The van der Waals surface area contributed by atoms with Gasteiger partial charge in [0.15, 0.2) is 0 Å². The lowest BCUT2D eigenvalue weighted by molar-refractivity contribution is -0.186. The fourth-order valence-electron chi connectivity index (χ4n) is 5.90. The van der Waals surface area contributed by atoms with Crippen LogP contribution in [0.15, 0.2) is 0 Å². The van der Waals surface area contributed by atoms with Crippen molar-refractivity contribution in [2.24, 2.45) is 17.3 Å². The Hall–Kier alpha value is -0.570. The number of hydrogen-bond donors (Lipinski definition) is 1. The second-order valence-corrected chi connectivity index (χ2v) is 7.82. The maximum atomic E-state index is 13.0. The monoisotopic (exact) mass is 263 g/mol. The molecule has 0 aromatic rings. The molecule has 4 aliphatic carbocycles. The highest BCUT2D eigenvalue weighted by atomic mass is 16.3. The maximum absolute atomic E-state index is 13.0. The van der Waals surface area contributed by atoms with Gasteiger partial charge in [0.1, 0.15) is 0 Å². The molecule has 1 N–H and O–H groups in total. The van der Waals surface area contributed by atoms with Crippen LogP contribution >= 0.6 is 0 Å². The van der Waals surface area contributed by atoms with Crippen LogP contribution in [0.2, 0.25) is 0 Å². The molecule has 1 amide bonds. The second-order valence-electron chi connectivity index (χ2n) is 7.82. The average molecular weight is 263 g/mol. The smallest absolute Gasteiger partial charge is 0.228 e. The Kier molecular flexibility index (Phi) is 2.55. The van der Waals surface area contributed by atoms with E-state index in [1.54, 1.807) is 0 Å². The highest BCUT2D eigenvalue weighted by Gasteiger charge is 2.60. The van der Waals surface area contributed by atoms with Gasteiger partial charge in [-0.1, -0.05) is 0 Å². The summed E-state index contributed by atoms with van der Waals surface area (Å²) < 4.78 is 0. The van der Waals surface area contributed by atoms with Gasteiger partial charge >= 0.3 is 0 Å². The molecule has 0 spiro atoms. The fraction of sp³-hybridized carbons (Fsp3) is 0.938. The minimum absolute atomic E-state index is 0.184. The van der Waals surface area contributed by atoms with E-state index in [0.717, 1.165) is 45.2 Å². The molecule has 3 nitrogen and oxygen atoms in total. The standard InChI is InChI=1S/C16H25NO2/c18-14(17-4-2-1-3-5-17)15-7-12-6-13(8-15)10-16(19,9-12)11-15/h12-13,19H,1-11H2/t12-,13+,15?,16?. The molecule has 3 heteroatoms. The number of nitrogens with zero attached hydrogens (tertiary/aromatic N) is 1. The van der Waals surface area contributed by atoms with E-state index >= 15 is 0 Å². The van der Waals surface area contributed by atoms with Crippen LogP contribution in [0.3, 0.4) is 0 Å². The molecule has 19 heavy (non-hydrogen) atoms. The molecule has 0 radical (unpaired) electrons. The van der Waals surface area contributed by atoms with Crippen molar-refractivity contribution in [1.82, 2.24) is 4.90 Å². The SMILES string of the molecule is O=C(N1CCCCC1)C12C[C@@H]3C[C@@H](CC(O)(C3)C1)C2. The zero-order chi connectivity index (χ0) is 13.1. The summed E-state index contributed by atoms with van der Waals surface area (Å²) in [5, 5.41) is 10.7. The van der Waals surface area contributed by atoms with Crippen molar-refractivity contribution in [1.29, 1.82) is 0 Å². The lowest BCUT2D eigenvalue weighted by Crippen LogP contribution is -2.61. The highest BCUT2D eigenvalue weighted by molar-refractivity contribution is 5.83. The topological polar surface area (TPSA) is 40.5 Å². The molecule has 4 saturated carbocycles. The molecule has 5 rings (SSSR count). The van der Waals surface area contributed by atoms with Gasteiger partial charge in [-0.25, -0.2) is 0 Å². The minimum Gasteiger partial charge on any atom is -0.390 e. The second kappa shape index (κ2) is 3.97. The molecule has 5 aliphatic rings. The average Bonchev–Trinajstić information content (AvgIpc) is 2.36. The van der Waals surface area contributed by atoms with E-state index in [2.05, 4.69) is 4.90 Å². The summed E-state index contributed by atoms with van der Waals surface area (Å²) in [5.41, 5.74) is -0.689. The van der Waals surface area contributed by atoms with Crippen molar-refractivity contribution in [3.63, 3.8) is 0 Å². The summed E-state index contributed by atoms with van der Waals surface area (Å²) in [5.74, 6) is 1.61. The van der Waals surface area contributed by atoms with Crippen molar-refractivity contribution < 1.29 is 9.90 Å². The zero-order valence-corrected chi connectivity index (χ0v) is 11.7. The van der Waals surface area contributed by atoms with Crippen molar-refractivity contribution in [3.05, 3.63) is 0 Å². The quantitative estimate of drug-likeness (QED) is 0.789. The molecule has 0 aromatic carbocycles. The number of rotatable bonds is 1. The van der Waals surface area contributed by atoms with Crippen molar-refractivity contribution in [2.45, 2.75) is 63.4 Å². The summed E-state index contributed by atoms with van der Waals surface area (Å²) in [6.07, 6.45) is 9.64. The normalized spacial score (nSPS) is 48.6. The van der Waals surface area contributed by atoms with Gasteiger partial charge in [0.05, 0.1) is 11.0 Å². The van der Waals surface area contributed by atoms with Crippen LogP contribution in [0, 0.1) is 17.3 Å². The predicted molar refractivity (Wildman–Crippen MR) is 72.5 cm³/mol. The minimum atomic E-state index is -0.504. The molecule has 106 valence electrons. The summed E-state index contributed by atoms with van der Waals surface area (Å²) in [7, 11) is 0. The molecule has 1 saturated heterocycles. The van der Waals surface area contributed by atoms with Crippen LogP contribution in [0.5, 0.6) is 0 Å². The molecule has 2 unspecified atom stereocenters. The summed E-state index contributed by atoms with van der Waals surface area (Å²) >= 11 is 0. The molecular weight excluding hydrogens is 238 g/mol. The van der Waals surface area contributed by atoms with Crippen LogP contribution in [0.1, 0.15) is 57.8 Å². The van der Waals surface area contributed by atoms with E-state index in [4.69, 9.17) is 0 Å². The molecule has 0 aromatic heterocycles. The third-order valence-corrected chi connectivity index (χ3v) is 6.13. The predicted octanol–water partition coefficient (Wildman–Crippen LogP) is 2.33. The lowest BCUT2D eigenvalue weighted by atomic mass is 9.47. The van der Waals surface area contributed by atoms with Gasteiger partial charge in [-0.05, 0) is 69.6 Å². The van der Waals surface area contributed by atoms with Crippen LogP contribution in [-0.2, 0) is 4.79 Å². The van der Waals surface area contributed by atoms with Crippen LogP contribution in [0.25, 0.3) is 0 Å². The summed E-state index contributed by atoms with van der Waals surface area (Å²) in [6, 6.07) is 0. The summed E-state index contributed by atoms with van der Waals surface area (Å²) in [6.45, 7) is 1.91. The van der Waals surface area contributed by atoms with Crippen molar-refractivity contribution in [2.75, 3.05) is 13.1 Å². The van der Waals surface area contributed by atoms with Crippen LogP contribution in [-0.4, -0.2) is 34.6 Å². The van der Waals surface area contributed by atoms with Crippen molar-refractivity contribution in [3.8, 4) is 0 Å². The molecule has 4 atom stereocenters. The van der Waals surface area contributed by atoms with E-state index < -0.39 is 5.60 Å². The summed E-state index contributed by atoms with van der Waals surface area (Å²) in [4.78, 5) is 15.1. The molecule has 4 bridgehead atoms. The zero-order valence-electron chi connectivity index (χ0n) is 11.7. The Morgan fingerprint density at radius 2 is 1.63 bits per heavy atom. The van der Waals surface area contributed by atoms with Gasteiger partial charge in [-0.2, -0.15) is 0 Å². The van der Waals surface area contributed by atoms with Gasteiger partial charge in [0.2, 0.25) is 5.91 Å². The lowest BCUT2D eigenvalue weighted by Gasteiger charge is -2.60. The third kappa shape index (κ3) is 1.84.